The summed E-state index contributed by atoms with van der Waals surface area (Å²) in [4.78, 5) is 26.2. The van der Waals surface area contributed by atoms with Gasteiger partial charge in [0.1, 0.15) is 11.6 Å². The van der Waals surface area contributed by atoms with E-state index in [0.717, 1.165) is 22.7 Å². The molecule has 1 aliphatic rings. The Morgan fingerprint density at radius 1 is 1.12 bits per heavy atom. The number of pyridine rings is 1. The first kappa shape index (κ1) is 29.0. The Balaban J connectivity index is 1.48. The van der Waals surface area contributed by atoms with Crippen molar-refractivity contribution in [1.29, 1.82) is 0 Å². The Morgan fingerprint density at radius 2 is 1.90 bits per heavy atom. The molecule has 4 aromatic rings. The van der Waals surface area contributed by atoms with Crippen LogP contribution in [0, 0.1) is 12.7 Å². The first-order valence-electron chi connectivity index (χ1n) is 13.2. The fourth-order valence-corrected chi connectivity index (χ4v) is 5.36. The highest BCUT2D eigenvalue weighted by molar-refractivity contribution is 7.90. The average molecular weight is 596 g/mol. The zero-order chi connectivity index (χ0) is 30.0. The zero-order valence-electron chi connectivity index (χ0n) is 23.2. The van der Waals surface area contributed by atoms with E-state index in [-0.39, 0.29) is 17.6 Å². The molecular weight excluding hydrogens is 565 g/mol. The summed E-state index contributed by atoms with van der Waals surface area (Å²) in [6.45, 7) is 2.65. The molecule has 220 valence electrons. The second kappa shape index (κ2) is 11.7. The van der Waals surface area contributed by atoms with Gasteiger partial charge in [0.15, 0.2) is 0 Å². The number of nitrogens with one attached hydrogen (secondary N) is 2. The lowest BCUT2D eigenvalue weighted by atomic mass is 10.0. The van der Waals surface area contributed by atoms with Crippen molar-refractivity contribution in [2.45, 2.75) is 25.8 Å². The number of likely N-dealkylation sites (tertiary alicyclic amines) is 1. The van der Waals surface area contributed by atoms with Crippen LogP contribution in [0.3, 0.4) is 0 Å². The first-order valence-corrected chi connectivity index (χ1v) is 14.6. The lowest BCUT2D eigenvalue weighted by Gasteiger charge is -2.31. The van der Waals surface area contributed by atoms with E-state index >= 15 is 0 Å². The number of ether oxygens (including phenoxy) is 1. The standard InChI is InChI=1S/C28H30FN7O5S/c1-17-8-9-19-20(10-11-22(29)24(19)34-42(39,40)35(2)3)25(17)41-26-21(7-4-13-30-26)23-12-14-31-27(33-23)32-18-6-5-15-36(16-18)28(37)38/h4,7-14,18,34H,5-6,15-16H2,1-3H3,(H,37,38)(H,31,32,33). The number of piperidine rings is 1. The van der Waals surface area contributed by atoms with E-state index in [1.165, 1.54) is 31.1 Å². The molecule has 1 atom stereocenters. The van der Waals surface area contributed by atoms with Crippen LogP contribution in [0.25, 0.3) is 22.0 Å². The van der Waals surface area contributed by atoms with Crippen molar-refractivity contribution >= 4 is 38.7 Å². The van der Waals surface area contributed by atoms with Crippen LogP contribution in [0.15, 0.2) is 54.9 Å². The number of aryl methyl sites for hydroxylation is 1. The molecule has 14 heteroatoms. The third-order valence-corrected chi connectivity index (χ3v) is 8.36. The van der Waals surface area contributed by atoms with Gasteiger partial charge in [-0.15, -0.1) is 0 Å². The topological polar surface area (TPSA) is 150 Å². The van der Waals surface area contributed by atoms with Crippen molar-refractivity contribution in [3.05, 3.63) is 66.2 Å². The molecule has 1 saturated heterocycles. The number of carbonyl (C=O) groups is 1. The van der Waals surface area contributed by atoms with Gasteiger partial charge in [0.05, 0.1) is 16.9 Å². The van der Waals surface area contributed by atoms with Gasteiger partial charge in [-0.2, -0.15) is 12.7 Å². The first-order chi connectivity index (χ1) is 20.0. The van der Waals surface area contributed by atoms with Gasteiger partial charge in [0.25, 0.3) is 0 Å². The van der Waals surface area contributed by atoms with Gasteiger partial charge in [-0.3, -0.25) is 4.72 Å². The van der Waals surface area contributed by atoms with E-state index in [1.807, 2.05) is 6.92 Å². The Labute approximate surface area is 242 Å². The highest BCUT2D eigenvalue weighted by Gasteiger charge is 2.24. The van der Waals surface area contributed by atoms with Crippen molar-refractivity contribution in [3.8, 4) is 22.9 Å². The quantitative estimate of drug-likeness (QED) is 0.263. The van der Waals surface area contributed by atoms with Gasteiger partial charge in [-0.1, -0.05) is 12.1 Å². The van der Waals surface area contributed by atoms with Gasteiger partial charge in [0, 0.05) is 56.4 Å². The molecule has 3 heterocycles. The van der Waals surface area contributed by atoms with E-state index in [2.05, 4.69) is 25.0 Å². The molecule has 0 bridgehead atoms. The predicted octanol–water partition coefficient (Wildman–Crippen LogP) is 4.70. The summed E-state index contributed by atoms with van der Waals surface area (Å²) >= 11 is 0. The van der Waals surface area contributed by atoms with E-state index in [1.54, 1.807) is 42.7 Å². The van der Waals surface area contributed by atoms with Crippen molar-refractivity contribution in [2.75, 3.05) is 37.2 Å². The second-order valence-corrected chi connectivity index (χ2v) is 11.9. The normalized spacial score (nSPS) is 15.5. The predicted molar refractivity (Wildman–Crippen MR) is 156 cm³/mol. The Morgan fingerprint density at radius 3 is 2.67 bits per heavy atom. The van der Waals surface area contributed by atoms with Crippen molar-refractivity contribution in [2.24, 2.45) is 0 Å². The monoisotopic (exact) mass is 595 g/mol. The molecule has 3 N–H and O–H groups in total. The number of rotatable bonds is 8. The summed E-state index contributed by atoms with van der Waals surface area (Å²) in [5.41, 5.74) is 1.61. The molecular formula is C28H30FN7O5S. The second-order valence-electron chi connectivity index (χ2n) is 10.1. The number of halogens is 1. The molecule has 12 nitrogen and oxygen atoms in total. The van der Waals surface area contributed by atoms with Crippen molar-refractivity contribution < 1.29 is 27.4 Å². The van der Waals surface area contributed by atoms with Crippen molar-refractivity contribution in [1.82, 2.24) is 24.2 Å². The number of hydrogen-bond acceptors (Lipinski definition) is 8. The molecule has 0 aliphatic carbocycles. The summed E-state index contributed by atoms with van der Waals surface area (Å²) < 4.78 is 49.5. The van der Waals surface area contributed by atoms with Gasteiger partial charge >= 0.3 is 16.3 Å². The molecule has 0 saturated carbocycles. The van der Waals surface area contributed by atoms with E-state index < -0.39 is 22.1 Å². The Bertz CT molecular complexity index is 1750. The SMILES string of the molecule is Cc1ccc2c(NS(=O)(=O)N(C)C)c(F)ccc2c1Oc1ncccc1-c1ccnc(NC2CCCN(C(=O)O)C2)n1. The van der Waals surface area contributed by atoms with E-state index in [0.29, 0.717) is 46.8 Å². The molecule has 1 aliphatic heterocycles. The van der Waals surface area contributed by atoms with Crippen LogP contribution < -0.4 is 14.8 Å². The lowest BCUT2D eigenvalue weighted by Crippen LogP contribution is -2.44. The number of aromatic nitrogens is 3. The number of anilines is 2. The van der Waals surface area contributed by atoms with Gasteiger partial charge in [0.2, 0.25) is 11.8 Å². The summed E-state index contributed by atoms with van der Waals surface area (Å²) in [5, 5.41) is 13.4. The molecule has 5 rings (SSSR count). The van der Waals surface area contributed by atoms with Crippen LogP contribution in [-0.2, 0) is 10.2 Å². The van der Waals surface area contributed by atoms with E-state index in [4.69, 9.17) is 4.74 Å². The number of carboxylic acid groups (broad SMARTS) is 1. The summed E-state index contributed by atoms with van der Waals surface area (Å²) in [5.74, 6) is 0.217. The van der Waals surface area contributed by atoms with Crippen LogP contribution >= 0.6 is 0 Å². The molecule has 1 unspecified atom stereocenters. The van der Waals surface area contributed by atoms with Gasteiger partial charge in [-0.25, -0.2) is 24.1 Å². The Kier molecular flexibility index (Phi) is 8.09. The number of nitrogens with zero attached hydrogens (tertiary/aromatic N) is 5. The largest absolute Gasteiger partial charge is 0.465 e. The molecule has 2 aromatic carbocycles. The van der Waals surface area contributed by atoms with Crippen LogP contribution in [0.1, 0.15) is 18.4 Å². The molecule has 42 heavy (non-hydrogen) atoms. The molecule has 0 radical (unpaired) electrons. The fraction of sp³-hybridized carbons (Fsp3) is 0.286. The van der Waals surface area contributed by atoms with Crippen LogP contribution in [0.4, 0.5) is 20.8 Å². The highest BCUT2D eigenvalue weighted by Crippen LogP contribution is 2.39. The van der Waals surface area contributed by atoms with Crippen LogP contribution in [-0.4, -0.2) is 77.0 Å². The minimum atomic E-state index is -3.97. The molecule has 0 spiro atoms. The maximum atomic E-state index is 14.9. The maximum absolute atomic E-state index is 14.9. The third-order valence-electron chi connectivity index (χ3n) is 6.94. The van der Waals surface area contributed by atoms with E-state index in [9.17, 15) is 22.7 Å². The molecule has 1 fully saturated rings. The van der Waals surface area contributed by atoms with Crippen LogP contribution in [0.2, 0.25) is 0 Å². The minimum Gasteiger partial charge on any atom is -0.465 e. The smallest absolute Gasteiger partial charge is 0.407 e. The fourth-order valence-electron chi connectivity index (χ4n) is 4.71. The van der Waals surface area contributed by atoms with Gasteiger partial charge in [-0.05, 0) is 55.7 Å². The molecule has 1 amide bonds. The summed E-state index contributed by atoms with van der Waals surface area (Å²) in [6.07, 6.45) is 3.72. The Hall–Kier alpha value is -4.56. The third kappa shape index (κ3) is 6.04. The minimum absolute atomic E-state index is 0.132. The summed E-state index contributed by atoms with van der Waals surface area (Å²) in [6, 6.07) is 11.2. The number of benzene rings is 2. The number of fused-ring (bicyclic) bond motifs is 1. The van der Waals surface area contributed by atoms with Crippen LogP contribution in [0.5, 0.6) is 11.6 Å². The lowest BCUT2D eigenvalue weighted by molar-refractivity contribution is 0.132. The van der Waals surface area contributed by atoms with Gasteiger partial charge < -0.3 is 20.1 Å². The zero-order valence-corrected chi connectivity index (χ0v) is 24.0. The maximum Gasteiger partial charge on any atom is 0.407 e. The average Bonchev–Trinajstić information content (AvgIpc) is 2.96. The number of amides is 1. The highest BCUT2D eigenvalue weighted by atomic mass is 32.2. The summed E-state index contributed by atoms with van der Waals surface area (Å²) in [7, 11) is -1.28. The number of hydrogen-bond donors (Lipinski definition) is 3. The van der Waals surface area contributed by atoms with Crippen molar-refractivity contribution in [3.63, 3.8) is 0 Å². The molecule has 2 aromatic heterocycles.